The molecule has 0 aliphatic carbocycles. The second-order valence-electron chi connectivity index (χ2n) is 6.82. The third-order valence-electron chi connectivity index (χ3n) is 4.40. The quantitative estimate of drug-likeness (QED) is 0.503. The molecule has 0 bridgehead atoms. The molecule has 0 saturated carbocycles. The van der Waals surface area contributed by atoms with Gasteiger partial charge in [-0.25, -0.2) is 0 Å². The predicted molar refractivity (Wildman–Crippen MR) is 105 cm³/mol. The van der Waals surface area contributed by atoms with Gasteiger partial charge in [0.15, 0.2) is 5.82 Å². The maximum atomic E-state index is 5.32. The van der Waals surface area contributed by atoms with Crippen LogP contribution in [0.2, 0.25) is 0 Å². The molecule has 0 atom stereocenters. The van der Waals surface area contributed by atoms with Gasteiger partial charge in [-0.05, 0) is 29.8 Å². The number of rotatable bonds is 6. The molecule has 142 valence electrons. The van der Waals surface area contributed by atoms with Crippen molar-refractivity contribution >= 4 is 0 Å². The summed E-state index contributed by atoms with van der Waals surface area (Å²) in [4.78, 5) is 8.93. The van der Waals surface area contributed by atoms with E-state index in [0.29, 0.717) is 18.3 Å². The summed E-state index contributed by atoms with van der Waals surface area (Å²) in [5.41, 5.74) is 3.74. The molecule has 0 spiro atoms. The van der Waals surface area contributed by atoms with E-state index in [1.807, 2.05) is 67.3 Å². The van der Waals surface area contributed by atoms with Crippen LogP contribution >= 0.6 is 0 Å². The molecule has 0 fully saturated rings. The number of aromatic nitrogens is 5. The number of hydrogen-bond donors (Lipinski definition) is 0. The third kappa shape index (κ3) is 3.78. The summed E-state index contributed by atoms with van der Waals surface area (Å²) in [6, 6.07) is 11.8. The number of pyridine rings is 1. The Balaban J connectivity index is 1.48. The average Bonchev–Trinajstić information content (AvgIpc) is 3.39. The maximum Gasteiger partial charge on any atom is 0.259 e. The molecule has 0 aliphatic heterocycles. The molecule has 1 aromatic carbocycles. The maximum absolute atomic E-state index is 5.32. The second-order valence-corrected chi connectivity index (χ2v) is 6.82. The average molecular weight is 375 g/mol. The first-order valence-electron chi connectivity index (χ1n) is 9.08. The molecule has 0 amide bonds. The van der Waals surface area contributed by atoms with E-state index >= 15 is 0 Å². The van der Waals surface area contributed by atoms with E-state index < -0.39 is 0 Å². The Hall–Kier alpha value is -3.48. The first kappa shape index (κ1) is 17.9. The minimum Gasteiger partial charge on any atom is -0.497 e. The molecular weight excluding hydrogens is 354 g/mol. The van der Waals surface area contributed by atoms with Gasteiger partial charge in [0.05, 0.1) is 31.1 Å². The molecule has 0 unspecified atom stereocenters. The predicted octanol–water partition coefficient (Wildman–Crippen LogP) is 4.18. The van der Waals surface area contributed by atoms with E-state index in [1.165, 1.54) is 0 Å². The number of hydrogen-bond acceptors (Lipinski definition) is 6. The number of benzene rings is 1. The van der Waals surface area contributed by atoms with E-state index in [1.54, 1.807) is 13.3 Å². The fourth-order valence-corrected chi connectivity index (χ4v) is 2.78. The normalized spacial score (nSPS) is 11.1. The molecule has 0 radical (unpaired) electrons. The molecule has 3 heterocycles. The standard InChI is InChI=1S/C21H21N5O2/c1-14(2)20-24-21(28-25-20)16-6-9-19(22-10-16)17-11-23-26(13-17)12-15-4-7-18(27-3)8-5-15/h4-11,13-14H,12H2,1-3H3. The van der Waals surface area contributed by atoms with Gasteiger partial charge in [0.2, 0.25) is 0 Å². The summed E-state index contributed by atoms with van der Waals surface area (Å²) in [6.45, 7) is 4.74. The van der Waals surface area contributed by atoms with Crippen molar-refractivity contribution < 1.29 is 9.26 Å². The Kier molecular flexibility index (Phi) is 4.89. The van der Waals surface area contributed by atoms with Crippen LogP contribution in [0.4, 0.5) is 0 Å². The Morgan fingerprint density at radius 2 is 1.86 bits per heavy atom. The Morgan fingerprint density at radius 1 is 1.04 bits per heavy atom. The first-order chi connectivity index (χ1) is 13.6. The van der Waals surface area contributed by atoms with Crippen molar-refractivity contribution in [3.63, 3.8) is 0 Å². The van der Waals surface area contributed by atoms with E-state index in [9.17, 15) is 0 Å². The van der Waals surface area contributed by atoms with E-state index in [0.717, 1.165) is 28.1 Å². The number of ether oxygens (including phenoxy) is 1. The molecule has 4 aromatic rings. The van der Waals surface area contributed by atoms with Gasteiger partial charge >= 0.3 is 0 Å². The minimum absolute atomic E-state index is 0.223. The van der Waals surface area contributed by atoms with Gasteiger partial charge in [-0.1, -0.05) is 31.1 Å². The lowest BCUT2D eigenvalue weighted by molar-refractivity contribution is 0.414. The van der Waals surface area contributed by atoms with Gasteiger partial charge in [-0.15, -0.1) is 0 Å². The largest absolute Gasteiger partial charge is 0.497 e. The van der Waals surface area contributed by atoms with Crippen molar-refractivity contribution in [3.8, 4) is 28.5 Å². The molecular formula is C21H21N5O2. The summed E-state index contributed by atoms with van der Waals surface area (Å²) in [7, 11) is 1.66. The van der Waals surface area contributed by atoms with E-state index in [-0.39, 0.29) is 5.92 Å². The van der Waals surface area contributed by atoms with Crippen molar-refractivity contribution in [2.24, 2.45) is 0 Å². The van der Waals surface area contributed by atoms with Crippen LogP contribution in [0.1, 0.15) is 31.2 Å². The highest BCUT2D eigenvalue weighted by Gasteiger charge is 2.12. The zero-order valence-corrected chi connectivity index (χ0v) is 16.0. The highest BCUT2D eigenvalue weighted by atomic mass is 16.5. The summed E-state index contributed by atoms with van der Waals surface area (Å²) in [5, 5.41) is 8.43. The Bertz CT molecular complexity index is 1050. The first-order valence-corrected chi connectivity index (χ1v) is 9.08. The number of methoxy groups -OCH3 is 1. The third-order valence-corrected chi connectivity index (χ3v) is 4.40. The van der Waals surface area contributed by atoms with Crippen LogP contribution in [0.25, 0.3) is 22.7 Å². The van der Waals surface area contributed by atoms with Crippen LogP contribution in [-0.2, 0) is 6.54 Å². The van der Waals surface area contributed by atoms with Gasteiger partial charge in [-0.3, -0.25) is 9.67 Å². The summed E-state index contributed by atoms with van der Waals surface area (Å²) in [5.74, 6) is 2.24. The van der Waals surface area contributed by atoms with Crippen LogP contribution in [0.5, 0.6) is 5.75 Å². The molecule has 0 N–H and O–H groups in total. The highest BCUT2D eigenvalue weighted by Crippen LogP contribution is 2.23. The van der Waals surface area contributed by atoms with Crippen LogP contribution in [0, 0.1) is 0 Å². The van der Waals surface area contributed by atoms with E-state index in [4.69, 9.17) is 9.26 Å². The summed E-state index contributed by atoms with van der Waals surface area (Å²) < 4.78 is 12.4. The molecule has 7 heteroatoms. The molecule has 28 heavy (non-hydrogen) atoms. The Labute approximate surface area is 163 Å². The number of nitrogens with zero attached hydrogens (tertiary/aromatic N) is 5. The second kappa shape index (κ2) is 7.64. The fraction of sp³-hybridized carbons (Fsp3) is 0.238. The van der Waals surface area contributed by atoms with Gasteiger partial charge in [-0.2, -0.15) is 10.1 Å². The SMILES string of the molecule is COc1ccc(Cn2cc(-c3ccc(-c4nc(C(C)C)no4)cn3)cn2)cc1. The monoisotopic (exact) mass is 375 g/mol. The lowest BCUT2D eigenvalue weighted by Crippen LogP contribution is -1.99. The molecule has 3 aromatic heterocycles. The topological polar surface area (TPSA) is 78.9 Å². The van der Waals surface area contributed by atoms with Crippen molar-refractivity contribution in [1.29, 1.82) is 0 Å². The fourth-order valence-electron chi connectivity index (χ4n) is 2.78. The molecule has 4 rings (SSSR count). The van der Waals surface area contributed by atoms with Gasteiger partial charge in [0, 0.05) is 23.9 Å². The van der Waals surface area contributed by atoms with Crippen molar-refractivity contribution in [1.82, 2.24) is 24.9 Å². The highest BCUT2D eigenvalue weighted by molar-refractivity contribution is 5.61. The van der Waals surface area contributed by atoms with Gasteiger partial charge in [0.1, 0.15) is 5.75 Å². The van der Waals surface area contributed by atoms with E-state index in [2.05, 4.69) is 20.2 Å². The van der Waals surface area contributed by atoms with Crippen LogP contribution < -0.4 is 4.74 Å². The minimum atomic E-state index is 0.223. The van der Waals surface area contributed by atoms with Crippen LogP contribution in [0.15, 0.2) is 59.5 Å². The summed E-state index contributed by atoms with van der Waals surface area (Å²) >= 11 is 0. The molecule has 7 nitrogen and oxygen atoms in total. The summed E-state index contributed by atoms with van der Waals surface area (Å²) in [6.07, 6.45) is 5.54. The van der Waals surface area contributed by atoms with Crippen LogP contribution in [0.3, 0.4) is 0 Å². The zero-order valence-electron chi connectivity index (χ0n) is 16.0. The molecule has 0 aliphatic rings. The van der Waals surface area contributed by atoms with Crippen molar-refractivity contribution in [3.05, 3.63) is 66.4 Å². The zero-order chi connectivity index (χ0) is 19.5. The lowest BCUT2D eigenvalue weighted by Gasteiger charge is -2.03. The molecule has 0 saturated heterocycles. The van der Waals surface area contributed by atoms with Crippen molar-refractivity contribution in [2.45, 2.75) is 26.3 Å². The Morgan fingerprint density at radius 3 is 2.50 bits per heavy atom. The lowest BCUT2D eigenvalue weighted by atomic mass is 10.2. The van der Waals surface area contributed by atoms with Crippen molar-refractivity contribution in [2.75, 3.05) is 7.11 Å². The smallest absolute Gasteiger partial charge is 0.259 e. The van der Waals surface area contributed by atoms with Crippen LogP contribution in [-0.4, -0.2) is 32.0 Å². The van der Waals surface area contributed by atoms with Gasteiger partial charge < -0.3 is 9.26 Å². The van der Waals surface area contributed by atoms with Gasteiger partial charge in [0.25, 0.3) is 5.89 Å².